The molecule has 1 unspecified atom stereocenters. The number of aryl methyl sites for hydroxylation is 1. The maximum atomic E-state index is 13.3. The van der Waals surface area contributed by atoms with E-state index in [0.717, 1.165) is 48.8 Å². The monoisotopic (exact) mass is 577 g/mol. The Morgan fingerprint density at radius 2 is 1.79 bits per heavy atom. The van der Waals surface area contributed by atoms with Gasteiger partial charge in [0, 0.05) is 16.7 Å². The molecule has 0 aliphatic carbocycles. The number of thiazole rings is 1. The third-order valence-corrected chi connectivity index (χ3v) is 12.0. The van der Waals surface area contributed by atoms with E-state index in [0.29, 0.717) is 24.5 Å². The van der Waals surface area contributed by atoms with E-state index in [4.69, 9.17) is 4.43 Å². The summed E-state index contributed by atoms with van der Waals surface area (Å²) in [5.41, 5.74) is 3.47. The number of carbonyl (C=O) groups is 1. The molecule has 0 aliphatic heterocycles. The highest BCUT2D eigenvalue weighted by Crippen LogP contribution is 2.34. The lowest BCUT2D eigenvalue weighted by Crippen LogP contribution is -2.35. The van der Waals surface area contributed by atoms with Crippen molar-refractivity contribution in [2.45, 2.75) is 145 Å². The summed E-state index contributed by atoms with van der Waals surface area (Å²) in [4.78, 5) is 17.8. The van der Waals surface area contributed by atoms with Gasteiger partial charge in [-0.25, -0.2) is 4.98 Å². The molecule has 0 aromatic carbocycles. The zero-order valence-electron chi connectivity index (χ0n) is 27.0. The molecule has 1 aromatic rings. The van der Waals surface area contributed by atoms with E-state index in [2.05, 4.69) is 77.9 Å². The summed E-state index contributed by atoms with van der Waals surface area (Å²) in [6, 6.07) is 0.998. The summed E-state index contributed by atoms with van der Waals surface area (Å²) in [7, 11) is -1.50. The molecule has 4 nitrogen and oxygen atoms in total. The molecule has 1 heterocycles. The Hall–Kier alpha value is -1.08. The summed E-state index contributed by atoms with van der Waals surface area (Å²) in [5, 5.41) is 13.9. The fourth-order valence-corrected chi connectivity index (χ4v) is 8.33. The van der Waals surface area contributed by atoms with Crippen molar-refractivity contribution in [2.24, 2.45) is 17.3 Å². The Labute approximate surface area is 246 Å². The molecule has 0 amide bonds. The van der Waals surface area contributed by atoms with Gasteiger partial charge in [-0.3, -0.25) is 4.79 Å². The van der Waals surface area contributed by atoms with Crippen LogP contribution in [0, 0.1) is 24.2 Å². The van der Waals surface area contributed by atoms with Gasteiger partial charge in [0.1, 0.15) is 12.1 Å². The average molecular weight is 578 g/mol. The molecule has 0 saturated carbocycles. The van der Waals surface area contributed by atoms with E-state index in [1.807, 2.05) is 20.8 Å². The quantitative estimate of drug-likeness (QED) is 0.107. The highest BCUT2D eigenvalue weighted by atomic mass is 32.1. The standard InChI is InChI=1S/C33H59NO3SSi/c1-12-39(32(7,8)9)37-30(35)19-20-33(10,11)31(36)27(5)21-25(3)17-13-15-24(2)16-14-18-26(4)22-29-23-38-28(6)34-29/h16,22-23,25,27,30,35,39H,12-15,17-21H2,1-11H3/b24-16+,26-22+/t25-,27-,30+,39?/m1/s1. The van der Waals surface area contributed by atoms with Crippen LogP contribution in [0.2, 0.25) is 11.1 Å². The first-order valence-corrected chi connectivity index (χ1v) is 17.9. The van der Waals surface area contributed by atoms with Crippen molar-refractivity contribution in [1.82, 2.24) is 4.98 Å². The lowest BCUT2D eigenvalue weighted by molar-refractivity contribution is -0.132. The zero-order valence-corrected chi connectivity index (χ0v) is 29.0. The fraction of sp³-hybridized carbons (Fsp3) is 0.758. The number of carbonyl (C=O) groups excluding carboxylic acids is 1. The molecule has 1 N–H and O–H groups in total. The van der Waals surface area contributed by atoms with Crippen molar-refractivity contribution in [3.63, 3.8) is 0 Å². The molecule has 0 fully saturated rings. The number of hydrogen-bond acceptors (Lipinski definition) is 5. The van der Waals surface area contributed by atoms with E-state index < -0.39 is 20.7 Å². The molecule has 1 aromatic heterocycles. The summed E-state index contributed by atoms with van der Waals surface area (Å²) >= 11 is 1.70. The molecular formula is C33H59NO3SSi. The maximum absolute atomic E-state index is 13.3. The number of allylic oxidation sites excluding steroid dienone is 3. The number of nitrogens with zero attached hydrogens (tertiary/aromatic N) is 1. The average Bonchev–Trinajstić information content (AvgIpc) is 3.24. The Morgan fingerprint density at radius 1 is 1.13 bits per heavy atom. The summed E-state index contributed by atoms with van der Waals surface area (Å²) < 4.78 is 6.06. The third-order valence-electron chi connectivity index (χ3n) is 7.88. The lowest BCUT2D eigenvalue weighted by atomic mass is 9.75. The molecule has 0 aliphatic rings. The topological polar surface area (TPSA) is 59.4 Å². The molecule has 39 heavy (non-hydrogen) atoms. The molecule has 0 bridgehead atoms. The zero-order chi connectivity index (χ0) is 29.8. The van der Waals surface area contributed by atoms with Crippen LogP contribution in [0.25, 0.3) is 6.08 Å². The van der Waals surface area contributed by atoms with Crippen LogP contribution in [-0.4, -0.2) is 31.2 Å². The van der Waals surface area contributed by atoms with Crippen LogP contribution in [0.5, 0.6) is 0 Å². The van der Waals surface area contributed by atoms with Crippen LogP contribution in [0.1, 0.15) is 131 Å². The number of hydrogen-bond donors (Lipinski definition) is 1. The van der Waals surface area contributed by atoms with Gasteiger partial charge < -0.3 is 9.53 Å². The van der Waals surface area contributed by atoms with Crippen LogP contribution in [0.15, 0.2) is 22.6 Å². The van der Waals surface area contributed by atoms with Gasteiger partial charge in [-0.2, -0.15) is 0 Å². The second-order valence-corrected chi connectivity index (χ2v) is 18.5. The molecule has 0 spiro atoms. The molecular weight excluding hydrogens is 519 g/mol. The molecule has 6 heteroatoms. The third kappa shape index (κ3) is 14.4. The fourth-order valence-electron chi connectivity index (χ4n) is 5.42. The summed E-state index contributed by atoms with van der Waals surface area (Å²) in [6.45, 7) is 23.6. The lowest BCUT2D eigenvalue weighted by Gasteiger charge is -2.32. The van der Waals surface area contributed by atoms with Crippen LogP contribution in [-0.2, 0) is 9.22 Å². The van der Waals surface area contributed by atoms with E-state index in [1.54, 1.807) is 11.3 Å². The minimum absolute atomic E-state index is 0.0355. The number of aliphatic hydroxyl groups excluding tert-OH is 1. The number of Topliss-reactive ketones (excluding diaryl/α,β-unsaturated/α-hetero) is 1. The van der Waals surface area contributed by atoms with E-state index in [9.17, 15) is 9.90 Å². The van der Waals surface area contributed by atoms with Crippen molar-refractivity contribution in [1.29, 1.82) is 0 Å². The van der Waals surface area contributed by atoms with Gasteiger partial charge in [0.15, 0.2) is 9.04 Å². The molecule has 0 saturated heterocycles. The van der Waals surface area contributed by atoms with Gasteiger partial charge in [-0.15, -0.1) is 11.3 Å². The Bertz CT molecular complexity index is 928. The summed E-state index contributed by atoms with van der Waals surface area (Å²) in [5.74, 6) is 0.874. The minimum Gasteiger partial charge on any atom is -0.395 e. The van der Waals surface area contributed by atoms with Gasteiger partial charge in [-0.05, 0) is 88.8 Å². The normalized spacial score (nSPS) is 16.7. The van der Waals surface area contributed by atoms with E-state index >= 15 is 0 Å². The molecule has 1 rings (SSSR count). The second kappa shape index (κ2) is 17.0. The van der Waals surface area contributed by atoms with E-state index in [-0.39, 0.29) is 11.0 Å². The van der Waals surface area contributed by atoms with Gasteiger partial charge in [0.25, 0.3) is 0 Å². The van der Waals surface area contributed by atoms with Crippen LogP contribution >= 0.6 is 11.3 Å². The van der Waals surface area contributed by atoms with Crippen molar-refractivity contribution in [3.05, 3.63) is 33.3 Å². The number of aliphatic hydroxyl groups is 1. The van der Waals surface area contributed by atoms with Crippen molar-refractivity contribution in [3.8, 4) is 0 Å². The smallest absolute Gasteiger partial charge is 0.185 e. The van der Waals surface area contributed by atoms with Gasteiger partial charge in [0.05, 0.1) is 10.7 Å². The molecule has 4 atom stereocenters. The SMILES string of the molecule is CC[SiH](O[C@H](O)CCC(C)(C)C(=O)[C@H](C)C[C@H](C)CCC/C(C)=C/CC/C(C)=C/c1csc(C)n1)C(C)(C)C. The van der Waals surface area contributed by atoms with Gasteiger partial charge in [0.2, 0.25) is 0 Å². The van der Waals surface area contributed by atoms with Crippen LogP contribution < -0.4 is 0 Å². The van der Waals surface area contributed by atoms with Crippen molar-refractivity contribution >= 4 is 32.2 Å². The van der Waals surface area contributed by atoms with Gasteiger partial charge in [-0.1, -0.05) is 79.0 Å². The first kappa shape index (κ1) is 35.9. The Balaban J connectivity index is 2.39. The predicted octanol–water partition coefficient (Wildman–Crippen LogP) is 9.67. The predicted molar refractivity (Wildman–Crippen MR) is 173 cm³/mol. The Kier molecular flexibility index (Phi) is 15.7. The number of rotatable bonds is 18. The highest BCUT2D eigenvalue weighted by molar-refractivity contribution is 7.09. The first-order chi connectivity index (χ1) is 18.0. The minimum atomic E-state index is -1.50. The van der Waals surface area contributed by atoms with Crippen LogP contribution in [0.4, 0.5) is 0 Å². The number of ketones is 1. The second-order valence-electron chi connectivity index (χ2n) is 13.6. The summed E-state index contributed by atoms with van der Waals surface area (Å²) in [6.07, 6.45) is 11.5. The van der Waals surface area contributed by atoms with Crippen LogP contribution in [0.3, 0.4) is 0 Å². The van der Waals surface area contributed by atoms with Crippen molar-refractivity contribution in [2.75, 3.05) is 0 Å². The van der Waals surface area contributed by atoms with Crippen molar-refractivity contribution < 1.29 is 14.3 Å². The van der Waals surface area contributed by atoms with Gasteiger partial charge >= 0.3 is 0 Å². The number of aromatic nitrogens is 1. The molecule has 224 valence electrons. The maximum Gasteiger partial charge on any atom is 0.185 e. The first-order valence-electron chi connectivity index (χ1n) is 15.2. The molecule has 0 radical (unpaired) electrons. The largest absolute Gasteiger partial charge is 0.395 e. The Morgan fingerprint density at radius 3 is 2.36 bits per heavy atom. The van der Waals surface area contributed by atoms with E-state index in [1.165, 1.54) is 17.6 Å². The highest BCUT2D eigenvalue weighted by Gasteiger charge is 2.34.